The Morgan fingerprint density at radius 2 is 2.04 bits per heavy atom. The fraction of sp³-hybridized carbons (Fsp3) is 0.286. The van der Waals surface area contributed by atoms with Crippen molar-refractivity contribution in [2.24, 2.45) is 0 Å². The van der Waals surface area contributed by atoms with Crippen LogP contribution in [0.1, 0.15) is 42.2 Å². The third-order valence-corrected chi connectivity index (χ3v) is 6.03. The second-order valence-electron chi connectivity index (χ2n) is 6.48. The number of amides is 1. The van der Waals surface area contributed by atoms with Crippen LogP contribution in [0.2, 0.25) is 0 Å². The molecule has 1 aliphatic carbocycles. The molecule has 1 amide bonds. The molecule has 5 heteroatoms. The van der Waals surface area contributed by atoms with E-state index in [9.17, 15) is 10.1 Å². The Bertz CT molecular complexity index is 1030. The van der Waals surface area contributed by atoms with E-state index in [2.05, 4.69) is 11.4 Å². The maximum absolute atomic E-state index is 12.2. The molecule has 3 aromatic rings. The number of pyridine rings is 1. The normalized spacial score (nSPS) is 13.2. The van der Waals surface area contributed by atoms with Crippen molar-refractivity contribution >= 4 is 33.1 Å². The fourth-order valence-electron chi connectivity index (χ4n) is 3.56. The molecule has 0 spiro atoms. The lowest BCUT2D eigenvalue weighted by Gasteiger charge is -2.15. The molecule has 1 aromatic carbocycles. The molecule has 130 valence electrons. The van der Waals surface area contributed by atoms with E-state index in [-0.39, 0.29) is 5.91 Å². The third-order valence-electron chi connectivity index (χ3n) is 4.85. The van der Waals surface area contributed by atoms with Crippen LogP contribution in [0.5, 0.6) is 0 Å². The van der Waals surface area contributed by atoms with Crippen molar-refractivity contribution in [3.05, 3.63) is 46.3 Å². The quantitative estimate of drug-likeness (QED) is 0.709. The van der Waals surface area contributed by atoms with Gasteiger partial charge in [-0.1, -0.05) is 37.3 Å². The number of fused-ring (bicyclic) bond motifs is 3. The van der Waals surface area contributed by atoms with Gasteiger partial charge in [0.2, 0.25) is 5.91 Å². The van der Waals surface area contributed by atoms with E-state index in [0.29, 0.717) is 23.4 Å². The van der Waals surface area contributed by atoms with Crippen molar-refractivity contribution in [3.8, 4) is 17.3 Å². The Balaban J connectivity index is 2.05. The minimum Gasteiger partial charge on any atom is -0.324 e. The molecule has 4 rings (SSSR count). The molecular formula is C21H19N3OS. The third kappa shape index (κ3) is 2.77. The highest BCUT2D eigenvalue weighted by Gasteiger charge is 2.25. The molecule has 0 bridgehead atoms. The SMILES string of the molecule is CCC(=O)Nc1c(C#N)c(-c2ccccc2)nc2sc3c(c12)CCCC3. The number of nitriles is 1. The van der Waals surface area contributed by atoms with Gasteiger partial charge >= 0.3 is 0 Å². The van der Waals surface area contributed by atoms with Crippen LogP contribution in [-0.4, -0.2) is 10.9 Å². The van der Waals surface area contributed by atoms with Gasteiger partial charge in [-0.3, -0.25) is 4.79 Å². The van der Waals surface area contributed by atoms with Gasteiger partial charge in [0, 0.05) is 22.2 Å². The van der Waals surface area contributed by atoms with E-state index in [1.807, 2.05) is 37.3 Å². The first-order valence-corrected chi connectivity index (χ1v) is 9.78. The summed E-state index contributed by atoms with van der Waals surface area (Å²) >= 11 is 1.70. The first kappa shape index (κ1) is 16.7. The average molecular weight is 361 g/mol. The summed E-state index contributed by atoms with van der Waals surface area (Å²) in [5, 5.41) is 13.9. The smallest absolute Gasteiger partial charge is 0.224 e. The van der Waals surface area contributed by atoms with Gasteiger partial charge < -0.3 is 5.32 Å². The van der Waals surface area contributed by atoms with Crippen LogP contribution < -0.4 is 5.32 Å². The lowest BCUT2D eigenvalue weighted by molar-refractivity contribution is -0.115. The maximum Gasteiger partial charge on any atom is 0.224 e. The number of aryl methyl sites for hydroxylation is 2. The molecule has 26 heavy (non-hydrogen) atoms. The molecule has 4 nitrogen and oxygen atoms in total. The highest BCUT2D eigenvalue weighted by molar-refractivity contribution is 7.19. The molecule has 0 atom stereocenters. The van der Waals surface area contributed by atoms with Crippen LogP contribution in [0, 0.1) is 11.3 Å². The number of benzene rings is 1. The van der Waals surface area contributed by atoms with Crippen LogP contribution in [0.4, 0.5) is 5.69 Å². The minimum absolute atomic E-state index is 0.0798. The largest absolute Gasteiger partial charge is 0.324 e. The molecule has 0 unspecified atom stereocenters. The summed E-state index contributed by atoms with van der Waals surface area (Å²) in [5.41, 5.74) is 3.90. The molecule has 0 saturated carbocycles. The van der Waals surface area contributed by atoms with E-state index in [1.54, 1.807) is 11.3 Å². The fourth-order valence-corrected chi connectivity index (χ4v) is 4.83. The molecule has 2 heterocycles. The number of rotatable bonds is 3. The van der Waals surface area contributed by atoms with Crippen molar-refractivity contribution in [2.75, 3.05) is 5.32 Å². The topological polar surface area (TPSA) is 65.8 Å². The Morgan fingerprint density at radius 1 is 1.27 bits per heavy atom. The van der Waals surface area contributed by atoms with Crippen molar-refractivity contribution in [1.29, 1.82) is 5.26 Å². The van der Waals surface area contributed by atoms with Gasteiger partial charge in [0.1, 0.15) is 16.5 Å². The number of hydrogen-bond donors (Lipinski definition) is 1. The van der Waals surface area contributed by atoms with Crippen molar-refractivity contribution < 1.29 is 4.79 Å². The number of nitrogens with one attached hydrogen (secondary N) is 1. The molecular weight excluding hydrogens is 342 g/mol. The monoisotopic (exact) mass is 361 g/mol. The van der Waals surface area contributed by atoms with E-state index in [1.165, 1.54) is 16.9 Å². The standard InChI is InChI=1S/C21H19N3OS/c1-2-17(25)23-20-15(12-22)19(13-8-4-3-5-9-13)24-21-18(20)14-10-6-7-11-16(14)26-21/h3-5,8-9H,2,6-7,10-11H2,1H3,(H,23,24,25). The van der Waals surface area contributed by atoms with E-state index < -0.39 is 0 Å². The van der Waals surface area contributed by atoms with Gasteiger partial charge in [0.15, 0.2) is 0 Å². The van der Waals surface area contributed by atoms with Gasteiger partial charge in [0.05, 0.1) is 11.4 Å². The van der Waals surface area contributed by atoms with Crippen LogP contribution in [0.25, 0.3) is 21.5 Å². The number of carbonyl (C=O) groups is 1. The van der Waals surface area contributed by atoms with Crippen LogP contribution in [0.15, 0.2) is 30.3 Å². The lowest BCUT2D eigenvalue weighted by Crippen LogP contribution is -2.12. The zero-order chi connectivity index (χ0) is 18.1. The zero-order valence-electron chi connectivity index (χ0n) is 14.6. The second-order valence-corrected chi connectivity index (χ2v) is 7.56. The molecule has 1 aliphatic rings. The van der Waals surface area contributed by atoms with Gasteiger partial charge in [-0.2, -0.15) is 5.26 Å². The van der Waals surface area contributed by atoms with Gasteiger partial charge in [-0.05, 0) is 31.2 Å². The van der Waals surface area contributed by atoms with Crippen molar-refractivity contribution in [2.45, 2.75) is 39.0 Å². The highest BCUT2D eigenvalue weighted by Crippen LogP contribution is 2.43. The molecule has 0 radical (unpaired) electrons. The number of nitrogens with zero attached hydrogens (tertiary/aromatic N) is 2. The summed E-state index contributed by atoms with van der Waals surface area (Å²) in [7, 11) is 0. The lowest BCUT2D eigenvalue weighted by atomic mass is 9.94. The summed E-state index contributed by atoms with van der Waals surface area (Å²) in [6.07, 6.45) is 4.75. The summed E-state index contributed by atoms with van der Waals surface area (Å²) in [6, 6.07) is 12.0. The number of hydrogen-bond acceptors (Lipinski definition) is 4. The number of aromatic nitrogens is 1. The molecule has 2 aromatic heterocycles. The number of thiophene rings is 1. The Kier molecular flexibility index (Phi) is 4.44. The second kappa shape index (κ2) is 6.89. The van der Waals surface area contributed by atoms with Crippen molar-refractivity contribution in [3.63, 3.8) is 0 Å². The van der Waals surface area contributed by atoms with Gasteiger partial charge in [0.25, 0.3) is 0 Å². The van der Waals surface area contributed by atoms with E-state index in [0.717, 1.165) is 35.0 Å². The summed E-state index contributed by atoms with van der Waals surface area (Å²) in [5.74, 6) is -0.0798. The van der Waals surface area contributed by atoms with Gasteiger partial charge in [-0.25, -0.2) is 4.98 Å². The van der Waals surface area contributed by atoms with Gasteiger partial charge in [-0.15, -0.1) is 11.3 Å². The molecule has 0 saturated heterocycles. The van der Waals surface area contributed by atoms with E-state index >= 15 is 0 Å². The highest BCUT2D eigenvalue weighted by atomic mass is 32.1. The predicted molar refractivity (Wildman–Crippen MR) is 105 cm³/mol. The first-order valence-electron chi connectivity index (χ1n) is 8.96. The summed E-state index contributed by atoms with van der Waals surface area (Å²) in [4.78, 5) is 19.3. The summed E-state index contributed by atoms with van der Waals surface area (Å²) < 4.78 is 0. The average Bonchev–Trinajstić information content (AvgIpc) is 3.06. The Morgan fingerprint density at radius 3 is 2.77 bits per heavy atom. The predicted octanol–water partition coefficient (Wildman–Crippen LogP) is 5.06. The molecule has 0 fully saturated rings. The van der Waals surface area contributed by atoms with Crippen molar-refractivity contribution in [1.82, 2.24) is 4.98 Å². The molecule has 1 N–H and O–H groups in total. The summed E-state index contributed by atoms with van der Waals surface area (Å²) in [6.45, 7) is 1.82. The Labute approximate surface area is 156 Å². The first-order chi connectivity index (χ1) is 12.7. The molecule has 0 aliphatic heterocycles. The number of carbonyl (C=O) groups excluding carboxylic acids is 1. The van der Waals surface area contributed by atoms with Crippen LogP contribution in [-0.2, 0) is 17.6 Å². The van der Waals surface area contributed by atoms with Crippen LogP contribution in [0.3, 0.4) is 0 Å². The minimum atomic E-state index is -0.0798. The zero-order valence-corrected chi connectivity index (χ0v) is 15.4. The van der Waals surface area contributed by atoms with Crippen LogP contribution >= 0.6 is 11.3 Å². The maximum atomic E-state index is 12.2. The number of anilines is 1. The van der Waals surface area contributed by atoms with E-state index in [4.69, 9.17) is 4.98 Å². The Hall–Kier alpha value is -2.71.